The highest BCUT2D eigenvalue weighted by Crippen LogP contribution is 2.37. The van der Waals surface area contributed by atoms with Gasteiger partial charge in [0.15, 0.2) is 0 Å². The molecule has 0 bridgehead atoms. The maximum Gasteiger partial charge on any atom is 0.144 e. The molecule has 5 rings (SSSR count). The highest BCUT2D eigenvalue weighted by molar-refractivity contribution is 6.32. The standard InChI is InChI=1S/C29H27ClN4O2/c1-18-5-4-6-19(11-18)17-35-27-10-9-21(12-24(27)30)34-29-20(15-31)16-33-26-14-28(25(32)13-23(26)29)36-22-7-2-3-8-22/h4-6,9-14,16,22H,2-3,7-8,17,32H2,1H3,(H,33,34). The van der Waals surface area contributed by atoms with Crippen LogP contribution >= 0.6 is 11.6 Å². The number of halogens is 1. The molecule has 1 heterocycles. The van der Waals surface area contributed by atoms with Crippen LogP contribution in [-0.2, 0) is 6.61 Å². The summed E-state index contributed by atoms with van der Waals surface area (Å²) in [6, 6.07) is 19.5. The molecule has 1 aliphatic carbocycles. The Kier molecular flexibility index (Phi) is 6.84. The number of nitriles is 1. The molecule has 0 saturated heterocycles. The van der Waals surface area contributed by atoms with E-state index in [1.807, 2.05) is 49.4 Å². The number of nitrogens with one attached hydrogen (secondary N) is 1. The van der Waals surface area contributed by atoms with Gasteiger partial charge in [0.05, 0.1) is 33.6 Å². The van der Waals surface area contributed by atoms with E-state index in [0.29, 0.717) is 45.6 Å². The van der Waals surface area contributed by atoms with E-state index in [4.69, 9.17) is 26.8 Å². The number of rotatable bonds is 7. The van der Waals surface area contributed by atoms with Crippen molar-refractivity contribution < 1.29 is 9.47 Å². The molecule has 182 valence electrons. The van der Waals surface area contributed by atoms with Gasteiger partial charge < -0.3 is 20.5 Å². The molecule has 6 nitrogen and oxygen atoms in total. The lowest BCUT2D eigenvalue weighted by Crippen LogP contribution is -2.12. The van der Waals surface area contributed by atoms with E-state index in [0.717, 1.165) is 29.5 Å². The number of nitrogen functional groups attached to an aromatic ring is 1. The van der Waals surface area contributed by atoms with Gasteiger partial charge in [-0.15, -0.1) is 0 Å². The van der Waals surface area contributed by atoms with Crippen molar-refractivity contribution in [2.24, 2.45) is 0 Å². The van der Waals surface area contributed by atoms with Gasteiger partial charge in [-0.2, -0.15) is 5.26 Å². The molecule has 1 saturated carbocycles. The van der Waals surface area contributed by atoms with Crippen LogP contribution in [0.25, 0.3) is 10.9 Å². The average Bonchev–Trinajstić information content (AvgIpc) is 3.38. The normalized spacial score (nSPS) is 13.5. The monoisotopic (exact) mass is 498 g/mol. The fourth-order valence-electron chi connectivity index (χ4n) is 4.55. The van der Waals surface area contributed by atoms with Gasteiger partial charge in [0.1, 0.15) is 24.2 Å². The van der Waals surface area contributed by atoms with Crippen molar-refractivity contribution in [3.05, 3.63) is 82.5 Å². The first-order valence-corrected chi connectivity index (χ1v) is 12.4. The van der Waals surface area contributed by atoms with Gasteiger partial charge in [-0.1, -0.05) is 41.4 Å². The van der Waals surface area contributed by atoms with Gasteiger partial charge in [-0.05, 0) is 62.4 Å². The van der Waals surface area contributed by atoms with Crippen molar-refractivity contribution in [2.45, 2.75) is 45.3 Å². The molecule has 36 heavy (non-hydrogen) atoms. The molecule has 0 atom stereocenters. The fraction of sp³-hybridized carbons (Fsp3) is 0.241. The molecule has 3 aromatic carbocycles. The summed E-state index contributed by atoms with van der Waals surface area (Å²) in [5.41, 5.74) is 11.6. The first-order chi connectivity index (χ1) is 17.5. The van der Waals surface area contributed by atoms with Crippen LogP contribution in [0.4, 0.5) is 17.1 Å². The Labute approximate surface area is 215 Å². The summed E-state index contributed by atoms with van der Waals surface area (Å²) in [4.78, 5) is 4.48. The third-order valence-electron chi connectivity index (χ3n) is 6.39. The van der Waals surface area contributed by atoms with Crippen LogP contribution in [0.5, 0.6) is 11.5 Å². The Morgan fingerprint density at radius 3 is 2.69 bits per heavy atom. The smallest absolute Gasteiger partial charge is 0.144 e. The van der Waals surface area contributed by atoms with E-state index in [1.165, 1.54) is 18.4 Å². The van der Waals surface area contributed by atoms with Gasteiger partial charge in [0.25, 0.3) is 0 Å². The molecule has 0 aliphatic heterocycles. The predicted molar refractivity (Wildman–Crippen MR) is 144 cm³/mol. The van der Waals surface area contributed by atoms with Crippen molar-refractivity contribution in [2.75, 3.05) is 11.1 Å². The third-order valence-corrected chi connectivity index (χ3v) is 6.69. The maximum absolute atomic E-state index is 9.73. The number of fused-ring (bicyclic) bond motifs is 1. The summed E-state index contributed by atoms with van der Waals surface area (Å²) in [5, 5.41) is 14.3. The van der Waals surface area contributed by atoms with E-state index in [-0.39, 0.29) is 6.10 Å². The van der Waals surface area contributed by atoms with Crippen molar-refractivity contribution in [1.29, 1.82) is 5.26 Å². The number of aryl methyl sites for hydroxylation is 1. The zero-order valence-electron chi connectivity index (χ0n) is 20.1. The largest absolute Gasteiger partial charge is 0.488 e. The van der Waals surface area contributed by atoms with Crippen molar-refractivity contribution in [1.82, 2.24) is 4.98 Å². The minimum absolute atomic E-state index is 0.189. The second-order valence-electron chi connectivity index (χ2n) is 9.14. The molecule has 0 spiro atoms. The molecule has 0 amide bonds. The lowest BCUT2D eigenvalue weighted by Gasteiger charge is -2.17. The average molecular weight is 499 g/mol. The second-order valence-corrected chi connectivity index (χ2v) is 9.55. The van der Waals surface area contributed by atoms with Crippen LogP contribution < -0.4 is 20.5 Å². The lowest BCUT2D eigenvalue weighted by molar-refractivity contribution is 0.211. The molecule has 0 radical (unpaired) electrons. The number of anilines is 3. The Morgan fingerprint density at radius 1 is 1.11 bits per heavy atom. The number of ether oxygens (including phenoxy) is 2. The molecule has 1 fully saturated rings. The van der Waals surface area contributed by atoms with E-state index >= 15 is 0 Å². The minimum Gasteiger partial charge on any atom is -0.488 e. The van der Waals surface area contributed by atoms with Gasteiger partial charge in [0, 0.05) is 23.3 Å². The molecule has 7 heteroatoms. The summed E-state index contributed by atoms with van der Waals surface area (Å²) in [7, 11) is 0. The van der Waals surface area contributed by atoms with Crippen molar-refractivity contribution in [3.63, 3.8) is 0 Å². The summed E-state index contributed by atoms with van der Waals surface area (Å²) >= 11 is 6.53. The Hall–Kier alpha value is -3.95. The Bertz CT molecular complexity index is 1460. The third kappa shape index (κ3) is 5.17. The fourth-order valence-corrected chi connectivity index (χ4v) is 4.78. The Balaban J connectivity index is 1.40. The molecule has 1 aliphatic rings. The highest BCUT2D eigenvalue weighted by Gasteiger charge is 2.19. The predicted octanol–water partition coefficient (Wildman–Crippen LogP) is 7.29. The SMILES string of the molecule is Cc1cccc(COc2ccc(Nc3c(C#N)cnc4cc(OC5CCCC5)c(N)cc34)cc2Cl)c1. The second kappa shape index (κ2) is 10.3. The van der Waals surface area contributed by atoms with Crippen LogP contribution in [0, 0.1) is 18.3 Å². The minimum atomic E-state index is 0.189. The van der Waals surface area contributed by atoms with Gasteiger partial charge >= 0.3 is 0 Å². The summed E-state index contributed by atoms with van der Waals surface area (Å²) in [5.74, 6) is 1.22. The van der Waals surface area contributed by atoms with E-state index in [1.54, 1.807) is 12.3 Å². The molecule has 1 aromatic heterocycles. The van der Waals surface area contributed by atoms with E-state index in [2.05, 4.69) is 22.4 Å². The topological polar surface area (TPSA) is 93.2 Å². The number of benzene rings is 3. The van der Waals surface area contributed by atoms with Crippen LogP contribution in [0.3, 0.4) is 0 Å². The molecule has 4 aromatic rings. The van der Waals surface area contributed by atoms with Crippen LogP contribution in [0.15, 0.2) is 60.8 Å². The number of nitrogens with two attached hydrogens (primary N) is 1. The maximum atomic E-state index is 9.73. The lowest BCUT2D eigenvalue weighted by atomic mass is 10.1. The van der Waals surface area contributed by atoms with Gasteiger partial charge in [-0.25, -0.2) is 0 Å². The number of nitrogens with zero attached hydrogens (tertiary/aromatic N) is 2. The molecule has 3 N–H and O–H groups in total. The number of pyridine rings is 1. The zero-order valence-corrected chi connectivity index (χ0v) is 20.8. The van der Waals surface area contributed by atoms with Gasteiger partial charge in [-0.3, -0.25) is 4.98 Å². The Morgan fingerprint density at radius 2 is 1.94 bits per heavy atom. The summed E-state index contributed by atoms with van der Waals surface area (Å²) < 4.78 is 12.1. The van der Waals surface area contributed by atoms with Crippen molar-refractivity contribution >= 4 is 39.6 Å². The quantitative estimate of drug-likeness (QED) is 0.260. The number of hydrogen-bond acceptors (Lipinski definition) is 6. The van der Waals surface area contributed by atoms with Gasteiger partial charge in [0.2, 0.25) is 0 Å². The number of aromatic nitrogens is 1. The first-order valence-electron chi connectivity index (χ1n) is 12.0. The van der Waals surface area contributed by atoms with E-state index in [9.17, 15) is 5.26 Å². The van der Waals surface area contributed by atoms with Crippen LogP contribution in [0.1, 0.15) is 42.4 Å². The van der Waals surface area contributed by atoms with Crippen LogP contribution in [-0.4, -0.2) is 11.1 Å². The molecular formula is C29H27ClN4O2. The summed E-state index contributed by atoms with van der Waals surface area (Å²) in [6.07, 6.45) is 6.17. The van der Waals surface area contributed by atoms with Crippen molar-refractivity contribution in [3.8, 4) is 17.6 Å². The summed E-state index contributed by atoms with van der Waals surface area (Å²) in [6.45, 7) is 2.47. The zero-order chi connectivity index (χ0) is 25.1. The van der Waals surface area contributed by atoms with Crippen LogP contribution in [0.2, 0.25) is 5.02 Å². The highest BCUT2D eigenvalue weighted by atomic mass is 35.5. The first kappa shape index (κ1) is 23.8. The van der Waals surface area contributed by atoms with E-state index < -0.39 is 0 Å². The number of hydrogen-bond donors (Lipinski definition) is 2. The molecule has 0 unspecified atom stereocenters. The molecular weight excluding hydrogens is 472 g/mol.